The second-order valence-corrected chi connectivity index (χ2v) is 5.12. The van der Waals surface area contributed by atoms with Crippen LogP contribution in [0.25, 0.3) is 0 Å². The average molecular weight is 240 g/mol. The summed E-state index contributed by atoms with van der Waals surface area (Å²) in [6.07, 6.45) is 5.62. The van der Waals surface area contributed by atoms with Gasteiger partial charge in [0.05, 0.1) is 19.6 Å². The summed E-state index contributed by atoms with van der Waals surface area (Å²) >= 11 is 0. The fourth-order valence-electron chi connectivity index (χ4n) is 3.04. The van der Waals surface area contributed by atoms with E-state index in [0.717, 1.165) is 25.4 Å². The third kappa shape index (κ3) is 3.42. The van der Waals surface area contributed by atoms with Gasteiger partial charge in [-0.15, -0.1) is 0 Å². The van der Waals surface area contributed by atoms with E-state index in [0.29, 0.717) is 25.7 Å². The van der Waals surface area contributed by atoms with E-state index in [4.69, 9.17) is 4.74 Å². The van der Waals surface area contributed by atoms with Crippen LogP contribution in [0, 0.1) is 5.92 Å². The minimum atomic E-state index is 0.265. The van der Waals surface area contributed by atoms with Gasteiger partial charge >= 0.3 is 0 Å². The second-order valence-electron chi connectivity index (χ2n) is 5.12. The quantitative estimate of drug-likeness (QED) is 0.797. The maximum atomic E-state index is 11.8. The number of nitrogens with one attached hydrogen (secondary N) is 1. The molecule has 0 spiro atoms. The lowest BCUT2D eigenvalue weighted by atomic mass is 9.99. The summed E-state index contributed by atoms with van der Waals surface area (Å²) in [5, 5.41) is 3.40. The molecule has 2 unspecified atom stereocenters. The van der Waals surface area contributed by atoms with Gasteiger partial charge in [-0.3, -0.25) is 4.79 Å². The summed E-state index contributed by atoms with van der Waals surface area (Å²) in [4.78, 5) is 13.8. The molecule has 1 amide bonds. The Bertz CT molecular complexity index is 258. The van der Waals surface area contributed by atoms with Crippen molar-refractivity contribution in [3.05, 3.63) is 0 Å². The van der Waals surface area contributed by atoms with E-state index in [-0.39, 0.29) is 5.91 Å². The zero-order chi connectivity index (χ0) is 12.1. The maximum absolute atomic E-state index is 11.8. The molecule has 0 aromatic rings. The molecule has 2 aliphatic rings. The van der Waals surface area contributed by atoms with Crippen LogP contribution >= 0.6 is 0 Å². The number of amides is 1. The molecule has 1 saturated heterocycles. The summed E-state index contributed by atoms with van der Waals surface area (Å²) in [6, 6.07) is 0.660. The maximum Gasteiger partial charge on any atom is 0.224 e. The van der Waals surface area contributed by atoms with E-state index in [9.17, 15) is 4.79 Å². The Morgan fingerprint density at radius 2 is 2.29 bits per heavy atom. The Balaban J connectivity index is 1.78. The molecule has 98 valence electrons. The van der Waals surface area contributed by atoms with Gasteiger partial charge in [0.1, 0.15) is 0 Å². The Kier molecular flexibility index (Phi) is 4.80. The van der Waals surface area contributed by atoms with Gasteiger partial charge in [0.2, 0.25) is 5.91 Å². The van der Waals surface area contributed by atoms with Crippen molar-refractivity contribution in [2.45, 2.75) is 38.1 Å². The highest BCUT2D eigenvalue weighted by Crippen LogP contribution is 2.28. The van der Waals surface area contributed by atoms with Crippen LogP contribution in [0.2, 0.25) is 0 Å². The number of rotatable bonds is 4. The van der Waals surface area contributed by atoms with Crippen LogP contribution in [0.4, 0.5) is 0 Å². The van der Waals surface area contributed by atoms with E-state index < -0.39 is 0 Å². The first-order valence-corrected chi connectivity index (χ1v) is 6.84. The summed E-state index contributed by atoms with van der Waals surface area (Å²) in [6.45, 7) is 2.98. The predicted molar refractivity (Wildman–Crippen MR) is 66.8 cm³/mol. The SMILES string of the molecule is CNC1CCCC1CCN1CCOCCC1=O. The van der Waals surface area contributed by atoms with Gasteiger partial charge in [-0.25, -0.2) is 0 Å². The van der Waals surface area contributed by atoms with Crippen molar-refractivity contribution in [1.82, 2.24) is 10.2 Å². The Morgan fingerprint density at radius 3 is 3.12 bits per heavy atom. The summed E-state index contributed by atoms with van der Waals surface area (Å²) in [5.41, 5.74) is 0. The number of hydrogen-bond acceptors (Lipinski definition) is 3. The smallest absolute Gasteiger partial charge is 0.224 e. The molecule has 0 aromatic carbocycles. The van der Waals surface area contributed by atoms with E-state index in [1.54, 1.807) is 0 Å². The topological polar surface area (TPSA) is 41.6 Å². The van der Waals surface area contributed by atoms with Gasteiger partial charge < -0.3 is 15.0 Å². The minimum absolute atomic E-state index is 0.265. The van der Waals surface area contributed by atoms with Crippen molar-refractivity contribution < 1.29 is 9.53 Å². The minimum Gasteiger partial charge on any atom is -0.379 e. The van der Waals surface area contributed by atoms with E-state index >= 15 is 0 Å². The molecule has 1 saturated carbocycles. The molecule has 1 aliphatic heterocycles. The molecular weight excluding hydrogens is 216 g/mol. The van der Waals surface area contributed by atoms with Crippen LogP contribution < -0.4 is 5.32 Å². The molecule has 0 radical (unpaired) electrons. The molecule has 4 nitrogen and oxygen atoms in total. The molecule has 2 atom stereocenters. The zero-order valence-corrected chi connectivity index (χ0v) is 10.8. The summed E-state index contributed by atoms with van der Waals surface area (Å²) < 4.78 is 5.33. The number of nitrogens with zero attached hydrogens (tertiary/aromatic N) is 1. The van der Waals surface area contributed by atoms with Gasteiger partial charge in [0, 0.05) is 19.1 Å². The van der Waals surface area contributed by atoms with Crippen molar-refractivity contribution in [3.63, 3.8) is 0 Å². The highest BCUT2D eigenvalue weighted by molar-refractivity contribution is 5.76. The Morgan fingerprint density at radius 1 is 1.41 bits per heavy atom. The fraction of sp³-hybridized carbons (Fsp3) is 0.923. The van der Waals surface area contributed by atoms with Gasteiger partial charge in [-0.1, -0.05) is 6.42 Å². The third-order valence-electron chi connectivity index (χ3n) is 4.12. The molecule has 1 N–H and O–H groups in total. The molecule has 1 aliphatic carbocycles. The average Bonchev–Trinajstić information content (AvgIpc) is 2.70. The highest BCUT2D eigenvalue weighted by atomic mass is 16.5. The normalized spacial score (nSPS) is 30.6. The Hall–Kier alpha value is -0.610. The first kappa shape index (κ1) is 12.8. The Labute approximate surface area is 104 Å². The van der Waals surface area contributed by atoms with E-state index in [1.807, 2.05) is 11.9 Å². The molecular formula is C13H24N2O2. The summed E-state index contributed by atoms with van der Waals surface area (Å²) in [7, 11) is 2.05. The largest absolute Gasteiger partial charge is 0.379 e. The van der Waals surface area contributed by atoms with Gasteiger partial charge in [0.25, 0.3) is 0 Å². The molecule has 0 aromatic heterocycles. The third-order valence-corrected chi connectivity index (χ3v) is 4.12. The number of carbonyl (C=O) groups excluding carboxylic acids is 1. The van der Waals surface area contributed by atoms with Crippen molar-refractivity contribution in [1.29, 1.82) is 0 Å². The lowest BCUT2D eigenvalue weighted by Crippen LogP contribution is -2.36. The monoisotopic (exact) mass is 240 g/mol. The van der Waals surface area contributed by atoms with Crippen LogP contribution in [0.5, 0.6) is 0 Å². The van der Waals surface area contributed by atoms with Gasteiger partial charge in [0.15, 0.2) is 0 Å². The first-order chi connectivity index (χ1) is 8.31. The van der Waals surface area contributed by atoms with Crippen molar-refractivity contribution in [2.75, 3.05) is 33.4 Å². The lowest BCUT2D eigenvalue weighted by Gasteiger charge is -2.24. The van der Waals surface area contributed by atoms with Crippen molar-refractivity contribution >= 4 is 5.91 Å². The number of carbonyl (C=O) groups is 1. The van der Waals surface area contributed by atoms with E-state index in [2.05, 4.69) is 5.32 Å². The highest BCUT2D eigenvalue weighted by Gasteiger charge is 2.27. The van der Waals surface area contributed by atoms with Crippen LogP contribution in [-0.2, 0) is 9.53 Å². The van der Waals surface area contributed by atoms with Gasteiger partial charge in [-0.2, -0.15) is 0 Å². The number of ether oxygens (including phenoxy) is 1. The molecule has 2 fully saturated rings. The van der Waals surface area contributed by atoms with E-state index in [1.165, 1.54) is 19.3 Å². The van der Waals surface area contributed by atoms with Crippen LogP contribution in [0.3, 0.4) is 0 Å². The van der Waals surface area contributed by atoms with Gasteiger partial charge in [-0.05, 0) is 32.2 Å². The van der Waals surface area contributed by atoms with Crippen LogP contribution in [0.15, 0.2) is 0 Å². The van der Waals surface area contributed by atoms with Crippen LogP contribution in [-0.4, -0.2) is 50.2 Å². The molecule has 2 rings (SSSR count). The van der Waals surface area contributed by atoms with Crippen LogP contribution in [0.1, 0.15) is 32.1 Å². The molecule has 1 heterocycles. The zero-order valence-electron chi connectivity index (χ0n) is 10.8. The summed E-state index contributed by atoms with van der Waals surface area (Å²) in [5.74, 6) is 1.01. The first-order valence-electron chi connectivity index (χ1n) is 6.84. The molecule has 4 heteroatoms. The lowest BCUT2D eigenvalue weighted by molar-refractivity contribution is -0.130. The van der Waals surface area contributed by atoms with Crippen molar-refractivity contribution in [3.8, 4) is 0 Å². The molecule has 0 bridgehead atoms. The van der Waals surface area contributed by atoms with Crippen molar-refractivity contribution in [2.24, 2.45) is 5.92 Å². The standard InChI is InChI=1S/C13H24N2O2/c1-14-12-4-2-3-11(12)5-7-15-8-10-17-9-6-13(15)16/h11-12,14H,2-10H2,1H3. The predicted octanol–water partition coefficient (Wildman–Crippen LogP) is 1.01. The second kappa shape index (κ2) is 6.36. The number of hydrogen-bond donors (Lipinski definition) is 1. The fourth-order valence-corrected chi connectivity index (χ4v) is 3.04. The molecule has 17 heavy (non-hydrogen) atoms.